The van der Waals surface area contributed by atoms with E-state index in [-0.39, 0.29) is 6.54 Å². The molecular weight excluding hydrogens is 325 g/mol. The Kier molecular flexibility index (Phi) is 4.81. The number of carbonyl (C=O) groups excluding carboxylic acids is 1. The van der Waals surface area contributed by atoms with Crippen molar-refractivity contribution < 1.29 is 22.7 Å². The largest absolute Gasteiger partial charge is 0.444 e. The van der Waals surface area contributed by atoms with Gasteiger partial charge in [0.25, 0.3) is 0 Å². The average molecular weight is 342 g/mol. The first-order valence-corrected chi connectivity index (χ1v) is 7.09. The Balaban J connectivity index is 1.99. The van der Waals surface area contributed by atoms with Crippen LogP contribution in [0.25, 0.3) is 11.3 Å². The summed E-state index contributed by atoms with van der Waals surface area (Å²) in [6.45, 7) is 5.34. The number of nitrogens with zero attached hydrogens (tertiary/aromatic N) is 2. The lowest BCUT2D eigenvalue weighted by molar-refractivity contribution is -0.141. The predicted molar refractivity (Wildman–Crippen MR) is 79.9 cm³/mol. The van der Waals surface area contributed by atoms with Gasteiger partial charge in [0, 0.05) is 11.8 Å². The van der Waals surface area contributed by atoms with Crippen molar-refractivity contribution in [2.24, 2.45) is 0 Å². The molecular formula is C15H17F3N4O2. The van der Waals surface area contributed by atoms with E-state index in [1.807, 2.05) is 0 Å². The zero-order valence-corrected chi connectivity index (χ0v) is 13.4. The highest BCUT2D eigenvalue weighted by molar-refractivity contribution is 5.67. The first-order valence-electron chi connectivity index (χ1n) is 7.09. The van der Waals surface area contributed by atoms with Crippen LogP contribution in [-0.2, 0) is 17.5 Å². The van der Waals surface area contributed by atoms with Gasteiger partial charge < -0.3 is 15.0 Å². The number of halogens is 3. The molecule has 0 radical (unpaired) electrons. The van der Waals surface area contributed by atoms with E-state index in [0.29, 0.717) is 17.1 Å². The molecule has 2 aromatic heterocycles. The van der Waals surface area contributed by atoms with Gasteiger partial charge >= 0.3 is 12.3 Å². The third kappa shape index (κ3) is 4.97. The molecule has 0 aliphatic carbocycles. The molecule has 0 fully saturated rings. The van der Waals surface area contributed by atoms with E-state index in [0.717, 1.165) is 12.3 Å². The fraction of sp³-hybridized carbons (Fsp3) is 0.400. The van der Waals surface area contributed by atoms with Crippen molar-refractivity contribution in [1.29, 1.82) is 0 Å². The van der Waals surface area contributed by atoms with Crippen LogP contribution in [0.5, 0.6) is 0 Å². The summed E-state index contributed by atoms with van der Waals surface area (Å²) in [7, 11) is 0. The van der Waals surface area contributed by atoms with Crippen molar-refractivity contribution in [2.75, 3.05) is 0 Å². The van der Waals surface area contributed by atoms with Crippen LogP contribution >= 0.6 is 0 Å². The molecule has 130 valence electrons. The molecule has 24 heavy (non-hydrogen) atoms. The summed E-state index contributed by atoms with van der Waals surface area (Å²) in [5.41, 5.74) is -0.613. The second kappa shape index (κ2) is 6.50. The Labute approximate surface area is 136 Å². The molecule has 2 heterocycles. The number of rotatable bonds is 3. The SMILES string of the molecule is CC(C)(C)OC(=O)NCc1ncc(-c2ccc(C(F)(F)F)nc2)[nH]1. The summed E-state index contributed by atoms with van der Waals surface area (Å²) >= 11 is 0. The van der Waals surface area contributed by atoms with Crippen molar-refractivity contribution in [3.8, 4) is 11.3 Å². The van der Waals surface area contributed by atoms with E-state index in [9.17, 15) is 18.0 Å². The number of nitrogens with one attached hydrogen (secondary N) is 2. The molecule has 0 aliphatic rings. The van der Waals surface area contributed by atoms with Gasteiger partial charge in [-0.1, -0.05) is 0 Å². The number of imidazole rings is 1. The summed E-state index contributed by atoms with van der Waals surface area (Å²) in [6.07, 6.45) is -2.50. The van der Waals surface area contributed by atoms with E-state index in [1.54, 1.807) is 20.8 Å². The van der Waals surface area contributed by atoms with Crippen molar-refractivity contribution in [3.05, 3.63) is 36.0 Å². The minimum atomic E-state index is -4.48. The smallest absolute Gasteiger partial charge is 0.433 e. The van der Waals surface area contributed by atoms with Gasteiger partial charge in [0.15, 0.2) is 0 Å². The zero-order valence-electron chi connectivity index (χ0n) is 13.4. The number of hydrogen-bond acceptors (Lipinski definition) is 4. The number of alkyl carbamates (subject to hydrolysis) is 1. The lowest BCUT2D eigenvalue weighted by atomic mass is 10.2. The van der Waals surface area contributed by atoms with Gasteiger partial charge in [-0.05, 0) is 32.9 Å². The maximum Gasteiger partial charge on any atom is 0.433 e. The van der Waals surface area contributed by atoms with E-state index in [1.165, 1.54) is 12.3 Å². The molecule has 0 unspecified atom stereocenters. The summed E-state index contributed by atoms with van der Waals surface area (Å²) in [5.74, 6) is 0.441. The van der Waals surface area contributed by atoms with E-state index >= 15 is 0 Å². The van der Waals surface area contributed by atoms with Crippen LogP contribution in [-0.4, -0.2) is 26.6 Å². The van der Waals surface area contributed by atoms with Gasteiger partial charge in [0.05, 0.1) is 18.4 Å². The fourth-order valence-electron chi connectivity index (χ4n) is 1.79. The highest BCUT2D eigenvalue weighted by atomic mass is 19.4. The zero-order chi connectivity index (χ0) is 18.0. The Hall–Kier alpha value is -2.58. The Morgan fingerprint density at radius 2 is 1.92 bits per heavy atom. The number of aromatic nitrogens is 3. The monoisotopic (exact) mass is 342 g/mol. The standard InChI is InChI=1S/C15H17F3N4O2/c1-14(2,3)24-13(23)21-8-12-20-7-10(22-12)9-4-5-11(19-6-9)15(16,17)18/h4-7H,8H2,1-3H3,(H,20,22)(H,21,23). The third-order valence-corrected chi connectivity index (χ3v) is 2.79. The Bertz CT molecular complexity index is 703. The minimum absolute atomic E-state index is 0.100. The lowest BCUT2D eigenvalue weighted by Gasteiger charge is -2.19. The molecule has 0 saturated carbocycles. The first-order chi connectivity index (χ1) is 11.0. The molecule has 0 saturated heterocycles. The normalized spacial score (nSPS) is 12.1. The van der Waals surface area contributed by atoms with Crippen LogP contribution in [0, 0.1) is 0 Å². The van der Waals surface area contributed by atoms with Gasteiger partial charge in [-0.15, -0.1) is 0 Å². The van der Waals surface area contributed by atoms with Gasteiger partial charge in [0.2, 0.25) is 0 Å². The second-order valence-corrected chi connectivity index (χ2v) is 6.03. The molecule has 0 aliphatic heterocycles. The topological polar surface area (TPSA) is 79.9 Å². The molecule has 9 heteroatoms. The highest BCUT2D eigenvalue weighted by Gasteiger charge is 2.32. The van der Waals surface area contributed by atoms with Crippen LogP contribution in [0.3, 0.4) is 0 Å². The summed E-state index contributed by atoms with van der Waals surface area (Å²) < 4.78 is 42.5. The van der Waals surface area contributed by atoms with Crippen LogP contribution in [0.2, 0.25) is 0 Å². The van der Waals surface area contributed by atoms with Crippen molar-refractivity contribution in [2.45, 2.75) is 39.1 Å². The fourth-order valence-corrected chi connectivity index (χ4v) is 1.79. The number of carbonyl (C=O) groups is 1. The maximum absolute atomic E-state index is 12.5. The van der Waals surface area contributed by atoms with Crippen molar-refractivity contribution in [3.63, 3.8) is 0 Å². The molecule has 6 nitrogen and oxygen atoms in total. The Morgan fingerprint density at radius 1 is 1.21 bits per heavy atom. The summed E-state index contributed by atoms with van der Waals surface area (Å²) in [6, 6.07) is 2.20. The highest BCUT2D eigenvalue weighted by Crippen LogP contribution is 2.28. The van der Waals surface area contributed by atoms with Gasteiger partial charge in [-0.25, -0.2) is 9.78 Å². The summed E-state index contributed by atoms with van der Waals surface area (Å²) in [5, 5.41) is 2.53. The quantitative estimate of drug-likeness (QED) is 0.894. The van der Waals surface area contributed by atoms with Gasteiger partial charge in [0.1, 0.15) is 17.1 Å². The second-order valence-electron chi connectivity index (χ2n) is 6.03. The molecule has 0 aromatic carbocycles. The number of pyridine rings is 1. The predicted octanol–water partition coefficient (Wildman–Crippen LogP) is 3.52. The number of aromatic amines is 1. The summed E-state index contributed by atoms with van der Waals surface area (Å²) in [4.78, 5) is 21.9. The number of H-pyrrole nitrogens is 1. The average Bonchev–Trinajstić information content (AvgIpc) is 2.91. The molecule has 0 spiro atoms. The molecule has 0 atom stereocenters. The Morgan fingerprint density at radius 3 is 2.46 bits per heavy atom. The van der Waals surface area contributed by atoms with Crippen LogP contribution in [0.15, 0.2) is 24.5 Å². The third-order valence-electron chi connectivity index (χ3n) is 2.79. The number of ether oxygens (including phenoxy) is 1. The number of alkyl halides is 3. The van der Waals surface area contributed by atoms with Crippen molar-refractivity contribution >= 4 is 6.09 Å². The van der Waals surface area contributed by atoms with E-state index < -0.39 is 23.6 Å². The van der Waals surface area contributed by atoms with Crippen LogP contribution in [0.1, 0.15) is 32.3 Å². The van der Waals surface area contributed by atoms with Crippen LogP contribution < -0.4 is 5.32 Å². The number of amides is 1. The van der Waals surface area contributed by atoms with Gasteiger partial charge in [-0.2, -0.15) is 13.2 Å². The van der Waals surface area contributed by atoms with Gasteiger partial charge in [-0.3, -0.25) is 4.98 Å². The molecule has 0 bridgehead atoms. The molecule has 1 amide bonds. The van der Waals surface area contributed by atoms with E-state index in [2.05, 4.69) is 20.3 Å². The number of hydrogen-bond donors (Lipinski definition) is 2. The lowest BCUT2D eigenvalue weighted by Crippen LogP contribution is -2.32. The van der Waals surface area contributed by atoms with Crippen LogP contribution in [0.4, 0.5) is 18.0 Å². The minimum Gasteiger partial charge on any atom is -0.444 e. The molecule has 2 rings (SSSR count). The van der Waals surface area contributed by atoms with Crippen molar-refractivity contribution in [1.82, 2.24) is 20.3 Å². The first kappa shape index (κ1) is 17.8. The maximum atomic E-state index is 12.5. The molecule has 2 aromatic rings. The molecule has 2 N–H and O–H groups in total. The van der Waals surface area contributed by atoms with E-state index in [4.69, 9.17) is 4.74 Å².